The van der Waals surface area contributed by atoms with Gasteiger partial charge in [0.15, 0.2) is 0 Å². The van der Waals surface area contributed by atoms with Crippen LogP contribution in [0.2, 0.25) is 0 Å². The van der Waals surface area contributed by atoms with Crippen LogP contribution in [0.5, 0.6) is 0 Å². The number of hydrogen-bond donors (Lipinski definition) is 1. The zero-order chi connectivity index (χ0) is 13.5. The molecule has 0 saturated carbocycles. The molecule has 1 N–H and O–H groups in total. The maximum Gasteiger partial charge on any atom is 0.230 e. The Morgan fingerprint density at radius 1 is 1.44 bits per heavy atom. The standard InChI is InChI=1S/C13H19N3O2/c1-13(2,3)11-9(7-16(4)15-11)5-8-6-10(17)14-12(8)18/h7-8H,5-6H2,1-4H3,(H,14,17,18). The topological polar surface area (TPSA) is 64.0 Å². The average molecular weight is 249 g/mol. The third kappa shape index (κ3) is 2.44. The van der Waals surface area contributed by atoms with Crippen molar-refractivity contribution in [3.63, 3.8) is 0 Å². The lowest BCUT2D eigenvalue weighted by atomic mass is 9.86. The van der Waals surface area contributed by atoms with Gasteiger partial charge >= 0.3 is 0 Å². The first-order chi connectivity index (χ1) is 8.27. The second-order valence-corrected chi connectivity index (χ2v) is 5.94. The number of aryl methyl sites for hydroxylation is 1. The van der Waals surface area contributed by atoms with Crippen molar-refractivity contribution >= 4 is 11.8 Å². The molecule has 0 spiro atoms. The first kappa shape index (κ1) is 12.8. The van der Waals surface area contributed by atoms with Gasteiger partial charge in [-0.3, -0.25) is 19.6 Å². The predicted octanol–water partition coefficient (Wildman–Crippen LogP) is 0.923. The molecule has 0 aromatic carbocycles. The van der Waals surface area contributed by atoms with E-state index in [-0.39, 0.29) is 29.6 Å². The average Bonchev–Trinajstić information content (AvgIpc) is 2.70. The minimum atomic E-state index is -0.247. The smallest absolute Gasteiger partial charge is 0.230 e. The Bertz CT molecular complexity index is 497. The number of carbonyl (C=O) groups excluding carboxylic acids is 2. The predicted molar refractivity (Wildman–Crippen MR) is 66.9 cm³/mol. The molecule has 1 aromatic heterocycles. The van der Waals surface area contributed by atoms with Crippen molar-refractivity contribution in [1.82, 2.24) is 15.1 Å². The van der Waals surface area contributed by atoms with E-state index >= 15 is 0 Å². The second-order valence-electron chi connectivity index (χ2n) is 5.94. The number of hydrogen-bond acceptors (Lipinski definition) is 3. The number of amides is 2. The summed E-state index contributed by atoms with van der Waals surface area (Å²) in [6.07, 6.45) is 2.81. The highest BCUT2D eigenvalue weighted by Gasteiger charge is 2.32. The molecular weight excluding hydrogens is 230 g/mol. The summed E-state index contributed by atoms with van der Waals surface area (Å²) < 4.78 is 1.77. The SMILES string of the molecule is Cn1cc(CC2CC(=O)NC2=O)c(C(C)(C)C)n1. The number of nitrogens with one attached hydrogen (secondary N) is 1. The van der Waals surface area contributed by atoms with Crippen LogP contribution < -0.4 is 5.32 Å². The van der Waals surface area contributed by atoms with E-state index < -0.39 is 0 Å². The molecule has 0 bridgehead atoms. The Labute approximate surface area is 107 Å². The summed E-state index contributed by atoms with van der Waals surface area (Å²) in [5, 5.41) is 6.82. The Hall–Kier alpha value is -1.65. The van der Waals surface area contributed by atoms with Crippen LogP contribution in [0, 0.1) is 5.92 Å². The molecule has 0 radical (unpaired) electrons. The summed E-state index contributed by atoms with van der Waals surface area (Å²) in [7, 11) is 1.87. The molecular formula is C13H19N3O2. The quantitative estimate of drug-likeness (QED) is 0.793. The van der Waals surface area contributed by atoms with E-state index in [9.17, 15) is 9.59 Å². The maximum absolute atomic E-state index is 11.6. The fourth-order valence-electron chi connectivity index (χ4n) is 2.36. The van der Waals surface area contributed by atoms with Gasteiger partial charge in [-0.05, 0) is 12.0 Å². The van der Waals surface area contributed by atoms with Crippen molar-refractivity contribution in [2.75, 3.05) is 0 Å². The van der Waals surface area contributed by atoms with Gasteiger partial charge in [0, 0.05) is 25.1 Å². The summed E-state index contributed by atoms with van der Waals surface area (Å²) in [5.74, 6) is -0.585. The summed E-state index contributed by atoms with van der Waals surface area (Å²) in [6, 6.07) is 0. The van der Waals surface area contributed by atoms with Gasteiger partial charge in [-0.25, -0.2) is 0 Å². The normalized spacial score (nSPS) is 20.3. The van der Waals surface area contributed by atoms with E-state index in [1.54, 1.807) is 4.68 Å². The van der Waals surface area contributed by atoms with E-state index in [0.717, 1.165) is 11.3 Å². The number of rotatable bonds is 2. The zero-order valence-electron chi connectivity index (χ0n) is 11.3. The lowest BCUT2D eigenvalue weighted by Gasteiger charge is -2.18. The number of imide groups is 1. The summed E-state index contributed by atoms with van der Waals surface area (Å²) >= 11 is 0. The molecule has 98 valence electrons. The van der Waals surface area contributed by atoms with E-state index in [4.69, 9.17) is 0 Å². The highest BCUT2D eigenvalue weighted by Crippen LogP contribution is 2.27. The summed E-state index contributed by atoms with van der Waals surface area (Å²) in [4.78, 5) is 22.8. The summed E-state index contributed by atoms with van der Waals surface area (Å²) in [6.45, 7) is 6.29. The molecule has 2 rings (SSSR count). The third-order valence-corrected chi connectivity index (χ3v) is 3.15. The molecule has 0 aliphatic carbocycles. The third-order valence-electron chi connectivity index (χ3n) is 3.15. The molecule has 1 aliphatic rings. The van der Waals surface area contributed by atoms with Crippen molar-refractivity contribution in [3.05, 3.63) is 17.5 Å². The van der Waals surface area contributed by atoms with Crippen LogP contribution in [0.4, 0.5) is 0 Å². The molecule has 1 unspecified atom stereocenters. The van der Waals surface area contributed by atoms with Crippen LogP contribution in [0.1, 0.15) is 38.4 Å². The molecule has 2 amide bonds. The van der Waals surface area contributed by atoms with Gasteiger partial charge in [0.2, 0.25) is 11.8 Å². The Morgan fingerprint density at radius 3 is 2.61 bits per heavy atom. The largest absolute Gasteiger partial charge is 0.296 e. The number of aromatic nitrogens is 2. The van der Waals surface area contributed by atoms with Crippen LogP contribution in [-0.4, -0.2) is 21.6 Å². The molecule has 1 saturated heterocycles. The van der Waals surface area contributed by atoms with Gasteiger partial charge in [0.25, 0.3) is 0 Å². The number of carbonyl (C=O) groups is 2. The van der Waals surface area contributed by atoms with Gasteiger partial charge in [-0.2, -0.15) is 5.10 Å². The summed E-state index contributed by atoms with van der Waals surface area (Å²) in [5.41, 5.74) is 1.99. The van der Waals surface area contributed by atoms with Gasteiger partial charge in [0.1, 0.15) is 0 Å². The maximum atomic E-state index is 11.6. The van der Waals surface area contributed by atoms with Crippen LogP contribution >= 0.6 is 0 Å². The molecule has 1 aromatic rings. The lowest BCUT2D eigenvalue weighted by molar-refractivity contribution is -0.125. The molecule has 18 heavy (non-hydrogen) atoms. The highest BCUT2D eigenvalue weighted by molar-refractivity contribution is 6.03. The van der Waals surface area contributed by atoms with Gasteiger partial charge in [-0.1, -0.05) is 20.8 Å². The van der Waals surface area contributed by atoms with E-state index in [1.807, 2.05) is 13.2 Å². The minimum absolute atomic E-state index is 0.0598. The van der Waals surface area contributed by atoms with Crippen molar-refractivity contribution in [2.24, 2.45) is 13.0 Å². The van der Waals surface area contributed by atoms with Crippen LogP contribution in [-0.2, 0) is 28.5 Å². The number of nitrogens with zero attached hydrogens (tertiary/aromatic N) is 2. The van der Waals surface area contributed by atoms with Crippen molar-refractivity contribution in [1.29, 1.82) is 0 Å². The first-order valence-corrected chi connectivity index (χ1v) is 6.14. The van der Waals surface area contributed by atoms with Crippen LogP contribution in [0.15, 0.2) is 6.20 Å². The molecule has 1 fully saturated rings. The van der Waals surface area contributed by atoms with Crippen molar-refractivity contribution in [3.8, 4) is 0 Å². The van der Waals surface area contributed by atoms with E-state index in [0.29, 0.717) is 6.42 Å². The lowest BCUT2D eigenvalue weighted by Crippen LogP contribution is -2.23. The molecule has 1 aliphatic heterocycles. The molecule has 2 heterocycles. The van der Waals surface area contributed by atoms with Crippen molar-refractivity contribution < 1.29 is 9.59 Å². The Balaban J connectivity index is 2.24. The van der Waals surface area contributed by atoms with E-state index in [1.165, 1.54) is 0 Å². The Kier molecular flexibility index (Phi) is 3.00. The highest BCUT2D eigenvalue weighted by atomic mass is 16.2. The Morgan fingerprint density at radius 2 is 2.11 bits per heavy atom. The second kappa shape index (κ2) is 4.23. The zero-order valence-corrected chi connectivity index (χ0v) is 11.3. The minimum Gasteiger partial charge on any atom is -0.296 e. The van der Waals surface area contributed by atoms with Gasteiger partial charge in [0.05, 0.1) is 11.6 Å². The van der Waals surface area contributed by atoms with Crippen LogP contribution in [0.25, 0.3) is 0 Å². The molecule has 5 heteroatoms. The first-order valence-electron chi connectivity index (χ1n) is 6.14. The fraction of sp³-hybridized carbons (Fsp3) is 0.615. The fourth-order valence-corrected chi connectivity index (χ4v) is 2.36. The molecule has 1 atom stereocenters. The van der Waals surface area contributed by atoms with Crippen LogP contribution in [0.3, 0.4) is 0 Å². The van der Waals surface area contributed by atoms with Crippen molar-refractivity contribution in [2.45, 2.75) is 39.0 Å². The monoisotopic (exact) mass is 249 g/mol. The van der Waals surface area contributed by atoms with Gasteiger partial charge < -0.3 is 0 Å². The van der Waals surface area contributed by atoms with E-state index in [2.05, 4.69) is 31.2 Å². The van der Waals surface area contributed by atoms with Gasteiger partial charge in [-0.15, -0.1) is 0 Å². The molecule has 5 nitrogen and oxygen atoms in total.